The molecular weight excluding hydrogens is 198 g/mol. The second-order valence-electron chi connectivity index (χ2n) is 3.18. The number of hydrogen-bond acceptors (Lipinski definition) is 2. The molecule has 0 spiro atoms. The van der Waals surface area contributed by atoms with Crippen molar-refractivity contribution in [2.24, 2.45) is 5.73 Å². The smallest absolute Gasteiger partial charge is 0.141 e. The number of aryl methyl sites for hydroxylation is 1. The van der Waals surface area contributed by atoms with Gasteiger partial charge in [-0.05, 0) is 31.2 Å². The van der Waals surface area contributed by atoms with Crippen molar-refractivity contribution in [1.29, 1.82) is 0 Å². The lowest BCUT2D eigenvalue weighted by molar-refractivity contribution is 0.667. The average Bonchev–Trinajstić information content (AvgIpc) is 2.51. The van der Waals surface area contributed by atoms with Crippen LogP contribution in [-0.4, -0.2) is 16.1 Å². The van der Waals surface area contributed by atoms with Crippen LogP contribution >= 0.6 is 11.6 Å². The summed E-state index contributed by atoms with van der Waals surface area (Å²) in [6, 6.07) is 5.85. The third kappa shape index (κ3) is 1.61. The summed E-state index contributed by atoms with van der Waals surface area (Å²) in [6.45, 7) is 1.50. The number of nitrogens with two attached hydrogens (primary N) is 1. The Morgan fingerprint density at radius 2 is 2.36 bits per heavy atom. The van der Waals surface area contributed by atoms with Crippen LogP contribution in [0.15, 0.2) is 24.4 Å². The number of fused-ring (bicyclic) bond motifs is 1. The van der Waals surface area contributed by atoms with Crippen molar-refractivity contribution in [2.75, 3.05) is 6.54 Å². The predicted octanol–water partition coefficient (Wildman–Crippen LogP) is 2.04. The Kier molecular flexibility index (Phi) is 2.70. The van der Waals surface area contributed by atoms with E-state index in [4.69, 9.17) is 17.3 Å². The van der Waals surface area contributed by atoms with Gasteiger partial charge in [0, 0.05) is 18.1 Å². The maximum Gasteiger partial charge on any atom is 0.141 e. The first-order valence-corrected chi connectivity index (χ1v) is 5.00. The molecule has 0 atom stereocenters. The SMILES string of the molecule is NCCCn1c(Cl)cc2cccnc21. The second-order valence-corrected chi connectivity index (χ2v) is 3.56. The van der Waals surface area contributed by atoms with E-state index in [1.807, 2.05) is 22.8 Å². The molecule has 0 saturated carbocycles. The van der Waals surface area contributed by atoms with Gasteiger partial charge < -0.3 is 10.3 Å². The Hall–Kier alpha value is -1.06. The van der Waals surface area contributed by atoms with Crippen molar-refractivity contribution in [2.45, 2.75) is 13.0 Å². The van der Waals surface area contributed by atoms with Crippen LogP contribution in [0.5, 0.6) is 0 Å². The molecule has 2 aromatic rings. The fourth-order valence-electron chi connectivity index (χ4n) is 1.52. The first-order chi connectivity index (χ1) is 6.83. The third-order valence-corrected chi connectivity index (χ3v) is 2.50. The Labute approximate surface area is 87.5 Å². The van der Waals surface area contributed by atoms with Gasteiger partial charge >= 0.3 is 0 Å². The summed E-state index contributed by atoms with van der Waals surface area (Å²) in [5.41, 5.74) is 6.40. The van der Waals surface area contributed by atoms with Crippen LogP contribution in [0.4, 0.5) is 0 Å². The number of rotatable bonds is 3. The van der Waals surface area contributed by atoms with Crippen molar-refractivity contribution < 1.29 is 0 Å². The van der Waals surface area contributed by atoms with Crippen LogP contribution in [0.3, 0.4) is 0 Å². The summed E-state index contributed by atoms with van der Waals surface area (Å²) in [7, 11) is 0. The van der Waals surface area contributed by atoms with Gasteiger partial charge in [0.1, 0.15) is 10.8 Å². The summed E-state index contributed by atoms with van der Waals surface area (Å²) in [4.78, 5) is 4.29. The third-order valence-electron chi connectivity index (χ3n) is 2.19. The van der Waals surface area contributed by atoms with Crippen molar-refractivity contribution in [3.05, 3.63) is 29.5 Å². The summed E-state index contributed by atoms with van der Waals surface area (Å²) in [5, 5.41) is 1.81. The van der Waals surface area contributed by atoms with Gasteiger partial charge in [-0.3, -0.25) is 0 Å². The molecule has 2 aromatic heterocycles. The monoisotopic (exact) mass is 209 g/mol. The number of aromatic nitrogens is 2. The first kappa shape index (κ1) is 9.49. The molecule has 0 aromatic carbocycles. The van der Waals surface area contributed by atoms with E-state index in [0.29, 0.717) is 6.54 Å². The van der Waals surface area contributed by atoms with E-state index in [9.17, 15) is 0 Å². The lowest BCUT2D eigenvalue weighted by Gasteiger charge is -2.04. The lowest BCUT2D eigenvalue weighted by atomic mass is 10.3. The standard InChI is InChI=1S/C10H12ClN3/c11-9-7-8-3-1-5-13-10(8)14(9)6-2-4-12/h1,3,5,7H,2,4,6,12H2. The summed E-state index contributed by atoms with van der Waals surface area (Å²) >= 11 is 6.09. The lowest BCUT2D eigenvalue weighted by Crippen LogP contribution is -2.06. The molecule has 0 aliphatic carbocycles. The van der Waals surface area contributed by atoms with Crippen molar-refractivity contribution in [3.8, 4) is 0 Å². The van der Waals surface area contributed by atoms with E-state index in [1.54, 1.807) is 6.20 Å². The molecule has 0 aliphatic rings. The van der Waals surface area contributed by atoms with Crippen LogP contribution in [0.2, 0.25) is 5.15 Å². The zero-order valence-corrected chi connectivity index (χ0v) is 8.54. The largest absolute Gasteiger partial charge is 0.330 e. The van der Waals surface area contributed by atoms with Gasteiger partial charge in [-0.1, -0.05) is 11.6 Å². The van der Waals surface area contributed by atoms with E-state index in [2.05, 4.69) is 4.98 Å². The van der Waals surface area contributed by atoms with Crippen LogP contribution in [0.1, 0.15) is 6.42 Å². The second kappa shape index (κ2) is 3.98. The molecule has 0 saturated heterocycles. The zero-order chi connectivity index (χ0) is 9.97. The molecule has 74 valence electrons. The Balaban J connectivity index is 2.45. The van der Waals surface area contributed by atoms with Gasteiger partial charge in [0.2, 0.25) is 0 Å². The highest BCUT2D eigenvalue weighted by Crippen LogP contribution is 2.21. The molecule has 0 radical (unpaired) electrons. The van der Waals surface area contributed by atoms with E-state index in [1.165, 1.54) is 0 Å². The van der Waals surface area contributed by atoms with Crippen LogP contribution < -0.4 is 5.73 Å². The predicted molar refractivity (Wildman–Crippen MR) is 58.4 cm³/mol. The maximum absolute atomic E-state index is 6.09. The van der Waals surface area contributed by atoms with Gasteiger partial charge in [0.05, 0.1) is 0 Å². The molecule has 3 nitrogen and oxygen atoms in total. The molecule has 0 amide bonds. The molecule has 2 heterocycles. The number of nitrogens with zero attached hydrogens (tertiary/aromatic N) is 2. The number of pyridine rings is 1. The normalized spacial score (nSPS) is 11.0. The highest BCUT2D eigenvalue weighted by Gasteiger charge is 2.06. The van der Waals surface area contributed by atoms with Crippen LogP contribution in [-0.2, 0) is 6.54 Å². The van der Waals surface area contributed by atoms with E-state index in [-0.39, 0.29) is 0 Å². The van der Waals surface area contributed by atoms with E-state index >= 15 is 0 Å². The maximum atomic E-state index is 6.09. The minimum absolute atomic E-state index is 0.669. The van der Waals surface area contributed by atoms with Crippen LogP contribution in [0, 0.1) is 0 Å². The molecule has 4 heteroatoms. The molecule has 14 heavy (non-hydrogen) atoms. The van der Waals surface area contributed by atoms with Gasteiger partial charge in [0.25, 0.3) is 0 Å². The molecule has 0 aliphatic heterocycles. The number of hydrogen-bond donors (Lipinski definition) is 1. The fourth-order valence-corrected chi connectivity index (χ4v) is 1.80. The molecular formula is C10H12ClN3. The summed E-state index contributed by atoms with van der Waals surface area (Å²) < 4.78 is 1.99. The molecule has 0 fully saturated rings. The number of halogens is 1. The topological polar surface area (TPSA) is 43.8 Å². The highest BCUT2D eigenvalue weighted by atomic mass is 35.5. The van der Waals surface area contributed by atoms with Crippen molar-refractivity contribution in [3.63, 3.8) is 0 Å². The molecule has 2 rings (SSSR count). The minimum Gasteiger partial charge on any atom is -0.330 e. The van der Waals surface area contributed by atoms with Crippen LogP contribution in [0.25, 0.3) is 11.0 Å². The van der Waals surface area contributed by atoms with E-state index < -0.39 is 0 Å². The quantitative estimate of drug-likeness (QED) is 0.841. The molecule has 0 bridgehead atoms. The average molecular weight is 210 g/mol. The minimum atomic E-state index is 0.669. The van der Waals surface area contributed by atoms with Gasteiger partial charge in [-0.2, -0.15) is 0 Å². The van der Waals surface area contributed by atoms with Gasteiger partial charge in [-0.15, -0.1) is 0 Å². The highest BCUT2D eigenvalue weighted by molar-refractivity contribution is 6.30. The van der Waals surface area contributed by atoms with E-state index in [0.717, 1.165) is 29.2 Å². The van der Waals surface area contributed by atoms with Crippen molar-refractivity contribution >= 4 is 22.6 Å². The summed E-state index contributed by atoms with van der Waals surface area (Å²) in [5.74, 6) is 0. The first-order valence-electron chi connectivity index (χ1n) is 4.63. The summed E-state index contributed by atoms with van der Waals surface area (Å²) in [6.07, 6.45) is 2.69. The zero-order valence-electron chi connectivity index (χ0n) is 7.78. The van der Waals surface area contributed by atoms with Gasteiger partial charge in [0.15, 0.2) is 0 Å². The fraction of sp³-hybridized carbons (Fsp3) is 0.300. The molecule has 2 N–H and O–H groups in total. The Morgan fingerprint density at radius 3 is 3.14 bits per heavy atom. The molecule has 0 unspecified atom stereocenters. The van der Waals surface area contributed by atoms with Gasteiger partial charge in [-0.25, -0.2) is 4.98 Å². The Bertz CT molecular complexity index is 436. The van der Waals surface area contributed by atoms with Crippen molar-refractivity contribution in [1.82, 2.24) is 9.55 Å². The Morgan fingerprint density at radius 1 is 1.50 bits per heavy atom.